The zero-order valence-electron chi connectivity index (χ0n) is 12.6. The summed E-state index contributed by atoms with van der Waals surface area (Å²) in [5.41, 5.74) is 0. The Kier molecular flexibility index (Phi) is 6.19. The second kappa shape index (κ2) is 7.69. The zero-order valence-corrected chi connectivity index (χ0v) is 14.3. The van der Waals surface area contributed by atoms with Gasteiger partial charge < -0.3 is 10.1 Å². The highest BCUT2D eigenvalue weighted by atomic mass is 32.2. The minimum atomic E-state index is -3.42. The molecule has 2 rings (SSSR count). The van der Waals surface area contributed by atoms with E-state index in [0.717, 1.165) is 42.1 Å². The van der Waals surface area contributed by atoms with Gasteiger partial charge in [0.2, 0.25) is 10.0 Å². The lowest BCUT2D eigenvalue weighted by Gasteiger charge is -2.22. The molecular weight excluding hydrogens is 308 g/mol. The van der Waals surface area contributed by atoms with Crippen molar-refractivity contribution in [1.29, 1.82) is 0 Å². The minimum Gasteiger partial charge on any atom is -0.381 e. The lowest BCUT2D eigenvalue weighted by molar-refractivity contribution is 0.0832. The largest absolute Gasteiger partial charge is 0.381 e. The highest BCUT2D eigenvalue weighted by molar-refractivity contribution is 7.89. The molecule has 0 atom stereocenters. The van der Waals surface area contributed by atoms with Gasteiger partial charge in [-0.1, -0.05) is 6.92 Å². The van der Waals surface area contributed by atoms with Crippen molar-refractivity contribution >= 4 is 21.4 Å². The summed E-state index contributed by atoms with van der Waals surface area (Å²) >= 11 is 1.55. The first-order valence-electron chi connectivity index (χ1n) is 7.43. The minimum absolute atomic E-state index is 0.00952. The summed E-state index contributed by atoms with van der Waals surface area (Å²) in [7, 11) is -3.42. The predicted octanol–water partition coefficient (Wildman–Crippen LogP) is 2.01. The van der Waals surface area contributed by atoms with E-state index in [4.69, 9.17) is 4.74 Å². The molecule has 1 aromatic rings. The van der Waals surface area contributed by atoms with Crippen LogP contribution in [0.15, 0.2) is 11.0 Å². The van der Waals surface area contributed by atoms with Crippen LogP contribution in [0.2, 0.25) is 0 Å². The smallest absolute Gasteiger partial charge is 0.241 e. The van der Waals surface area contributed by atoms with Crippen molar-refractivity contribution in [2.24, 2.45) is 0 Å². The van der Waals surface area contributed by atoms with Crippen molar-refractivity contribution < 1.29 is 13.2 Å². The van der Waals surface area contributed by atoms with E-state index in [-0.39, 0.29) is 6.04 Å². The van der Waals surface area contributed by atoms with Crippen LogP contribution in [-0.4, -0.2) is 34.2 Å². The van der Waals surface area contributed by atoms with Crippen LogP contribution in [-0.2, 0) is 21.3 Å². The molecule has 21 heavy (non-hydrogen) atoms. The monoisotopic (exact) mass is 332 g/mol. The van der Waals surface area contributed by atoms with Crippen molar-refractivity contribution in [3.05, 3.63) is 15.8 Å². The Balaban J connectivity index is 2.04. The molecule has 7 heteroatoms. The highest BCUT2D eigenvalue weighted by Gasteiger charge is 2.25. The number of hydrogen-bond donors (Lipinski definition) is 2. The van der Waals surface area contributed by atoms with Crippen LogP contribution < -0.4 is 10.0 Å². The molecule has 2 heterocycles. The van der Waals surface area contributed by atoms with Crippen LogP contribution in [0, 0.1) is 6.92 Å². The van der Waals surface area contributed by atoms with Gasteiger partial charge in [0, 0.05) is 35.6 Å². The van der Waals surface area contributed by atoms with Crippen LogP contribution in [0.5, 0.6) is 0 Å². The van der Waals surface area contributed by atoms with Gasteiger partial charge in [-0.05, 0) is 38.8 Å². The number of aryl methyl sites for hydroxylation is 1. The average molecular weight is 332 g/mol. The normalized spacial score (nSPS) is 17.2. The summed E-state index contributed by atoms with van der Waals surface area (Å²) in [5, 5.41) is 3.30. The van der Waals surface area contributed by atoms with E-state index in [1.54, 1.807) is 17.4 Å². The summed E-state index contributed by atoms with van der Waals surface area (Å²) in [6.07, 6.45) is 2.56. The van der Waals surface area contributed by atoms with Crippen molar-refractivity contribution in [2.45, 2.75) is 50.6 Å². The van der Waals surface area contributed by atoms with Gasteiger partial charge in [0.15, 0.2) is 0 Å². The Morgan fingerprint density at radius 1 is 1.38 bits per heavy atom. The van der Waals surface area contributed by atoms with Gasteiger partial charge in [-0.3, -0.25) is 0 Å². The molecule has 2 N–H and O–H groups in total. The summed E-state index contributed by atoms with van der Waals surface area (Å²) in [6.45, 7) is 6.91. The maximum atomic E-state index is 12.5. The van der Waals surface area contributed by atoms with E-state index in [1.807, 2.05) is 6.92 Å². The van der Waals surface area contributed by atoms with Crippen LogP contribution in [0.4, 0.5) is 0 Å². The van der Waals surface area contributed by atoms with E-state index in [2.05, 4.69) is 17.0 Å². The summed E-state index contributed by atoms with van der Waals surface area (Å²) in [4.78, 5) is 2.34. The molecule has 0 spiro atoms. The van der Waals surface area contributed by atoms with Crippen LogP contribution in [0.3, 0.4) is 0 Å². The first-order chi connectivity index (χ1) is 10.0. The molecule has 0 bridgehead atoms. The van der Waals surface area contributed by atoms with Crippen molar-refractivity contribution in [2.75, 3.05) is 19.8 Å². The molecule has 1 aliphatic rings. The number of thiophene rings is 1. The molecule has 120 valence electrons. The highest BCUT2D eigenvalue weighted by Crippen LogP contribution is 2.26. The number of ether oxygens (including phenoxy) is 1. The Morgan fingerprint density at radius 3 is 2.76 bits per heavy atom. The van der Waals surface area contributed by atoms with E-state index < -0.39 is 10.0 Å². The fourth-order valence-electron chi connectivity index (χ4n) is 2.36. The molecule has 1 aliphatic heterocycles. The number of sulfonamides is 1. The van der Waals surface area contributed by atoms with Crippen molar-refractivity contribution in [3.63, 3.8) is 0 Å². The maximum Gasteiger partial charge on any atom is 0.241 e. The Hall–Kier alpha value is -0.470. The van der Waals surface area contributed by atoms with Crippen molar-refractivity contribution in [1.82, 2.24) is 10.0 Å². The van der Waals surface area contributed by atoms with Crippen molar-refractivity contribution in [3.8, 4) is 0 Å². The third-order valence-corrected chi connectivity index (χ3v) is 6.31. The predicted molar refractivity (Wildman–Crippen MR) is 85.2 cm³/mol. The fourth-order valence-corrected chi connectivity index (χ4v) is 5.27. The third-order valence-electron chi connectivity index (χ3n) is 3.48. The summed E-state index contributed by atoms with van der Waals surface area (Å²) < 4.78 is 33.1. The Morgan fingerprint density at radius 2 is 2.10 bits per heavy atom. The van der Waals surface area contributed by atoms with Crippen LogP contribution in [0.1, 0.15) is 35.9 Å². The molecular formula is C14H24N2O3S2. The molecule has 1 aromatic heterocycles. The van der Waals surface area contributed by atoms with E-state index in [1.165, 1.54) is 0 Å². The van der Waals surface area contributed by atoms with Gasteiger partial charge in [-0.15, -0.1) is 11.3 Å². The SMILES string of the molecule is CCCNCc1cc(S(=O)(=O)NC2CCOCC2)c(C)s1. The van der Waals surface area contributed by atoms with Gasteiger partial charge in [0.1, 0.15) is 0 Å². The molecule has 0 aliphatic carbocycles. The second-order valence-corrected chi connectivity index (χ2v) is 8.34. The number of hydrogen-bond acceptors (Lipinski definition) is 5. The first kappa shape index (κ1) is 16.9. The summed E-state index contributed by atoms with van der Waals surface area (Å²) in [5.74, 6) is 0. The first-order valence-corrected chi connectivity index (χ1v) is 9.73. The van der Waals surface area contributed by atoms with Gasteiger partial charge in [-0.25, -0.2) is 13.1 Å². The van der Waals surface area contributed by atoms with Gasteiger partial charge >= 0.3 is 0 Å². The van der Waals surface area contributed by atoms with E-state index in [0.29, 0.717) is 18.1 Å². The molecule has 0 radical (unpaired) electrons. The second-order valence-electron chi connectivity index (χ2n) is 5.32. The number of nitrogens with one attached hydrogen (secondary N) is 2. The molecule has 1 saturated heterocycles. The molecule has 0 aromatic carbocycles. The van der Waals surface area contributed by atoms with Gasteiger partial charge in [-0.2, -0.15) is 0 Å². The standard InChI is InChI=1S/C14H24N2O3S2/c1-3-6-15-10-13-9-14(11(2)20-13)21(17,18)16-12-4-7-19-8-5-12/h9,12,15-16H,3-8,10H2,1-2H3. The molecule has 0 amide bonds. The molecule has 1 fully saturated rings. The van der Waals surface area contributed by atoms with Gasteiger partial charge in [0.25, 0.3) is 0 Å². The van der Waals surface area contributed by atoms with E-state index >= 15 is 0 Å². The fraction of sp³-hybridized carbons (Fsp3) is 0.714. The lowest BCUT2D eigenvalue weighted by Crippen LogP contribution is -2.38. The number of rotatable bonds is 7. The molecule has 5 nitrogen and oxygen atoms in total. The zero-order chi connectivity index (χ0) is 15.3. The van der Waals surface area contributed by atoms with Gasteiger partial charge in [0.05, 0.1) is 4.90 Å². The van der Waals surface area contributed by atoms with E-state index in [9.17, 15) is 8.42 Å². The third kappa shape index (κ3) is 4.75. The lowest BCUT2D eigenvalue weighted by atomic mass is 10.1. The Bertz CT molecular complexity index is 549. The Labute approximate surface area is 131 Å². The van der Waals surface area contributed by atoms with Crippen LogP contribution in [0.25, 0.3) is 0 Å². The molecule has 0 saturated carbocycles. The maximum absolute atomic E-state index is 12.5. The van der Waals surface area contributed by atoms with Crippen LogP contribution >= 0.6 is 11.3 Å². The summed E-state index contributed by atoms with van der Waals surface area (Å²) in [6, 6.07) is 1.79. The topological polar surface area (TPSA) is 67.4 Å². The molecule has 0 unspecified atom stereocenters. The quantitative estimate of drug-likeness (QED) is 0.750. The average Bonchev–Trinajstić information content (AvgIpc) is 2.82.